The van der Waals surface area contributed by atoms with Gasteiger partial charge in [0, 0.05) is 31.9 Å². The maximum atomic E-state index is 8.71. The molecule has 0 saturated carbocycles. The van der Waals surface area contributed by atoms with Crippen molar-refractivity contribution in [2.24, 2.45) is 5.73 Å². The summed E-state index contributed by atoms with van der Waals surface area (Å²) in [7, 11) is 0. The van der Waals surface area contributed by atoms with Crippen molar-refractivity contribution in [3.8, 4) is 0 Å². The number of nitrogens with zero attached hydrogens (tertiary/aromatic N) is 1. The number of anilines is 1. The number of benzene rings is 1. The van der Waals surface area contributed by atoms with Crippen LogP contribution in [0.5, 0.6) is 0 Å². The highest BCUT2D eigenvalue weighted by Gasteiger charge is 2.03. The van der Waals surface area contributed by atoms with E-state index in [2.05, 4.69) is 29.2 Å². The first-order valence-electron chi connectivity index (χ1n) is 6.49. The van der Waals surface area contributed by atoms with Gasteiger partial charge in [0.05, 0.1) is 0 Å². The standard InChI is InChI=1S/C14H24N2O/c15-10-12-16(11-6-1-2-7-13-17)14-8-4-3-5-9-14/h3-5,8-9,17H,1-2,6-7,10-13,15H2. The lowest BCUT2D eigenvalue weighted by molar-refractivity contribution is 0.282. The van der Waals surface area contributed by atoms with Crippen molar-refractivity contribution < 1.29 is 5.11 Å². The molecule has 0 aliphatic heterocycles. The van der Waals surface area contributed by atoms with Gasteiger partial charge < -0.3 is 15.7 Å². The molecule has 0 aliphatic carbocycles. The normalized spacial score (nSPS) is 10.5. The van der Waals surface area contributed by atoms with Crippen molar-refractivity contribution >= 4 is 5.69 Å². The van der Waals surface area contributed by atoms with Crippen molar-refractivity contribution in [3.05, 3.63) is 30.3 Å². The van der Waals surface area contributed by atoms with E-state index >= 15 is 0 Å². The Morgan fingerprint density at radius 2 is 1.65 bits per heavy atom. The lowest BCUT2D eigenvalue weighted by atomic mass is 10.2. The fraction of sp³-hybridized carbons (Fsp3) is 0.571. The monoisotopic (exact) mass is 236 g/mol. The molecule has 3 nitrogen and oxygen atoms in total. The molecule has 1 aromatic carbocycles. The molecule has 96 valence electrons. The Bertz CT molecular complexity index is 277. The molecular weight excluding hydrogens is 212 g/mol. The van der Waals surface area contributed by atoms with E-state index in [-0.39, 0.29) is 0 Å². The molecule has 0 radical (unpaired) electrons. The number of aliphatic hydroxyl groups excluding tert-OH is 1. The third-order valence-corrected chi connectivity index (χ3v) is 2.86. The van der Waals surface area contributed by atoms with Crippen LogP contribution >= 0.6 is 0 Å². The number of unbranched alkanes of at least 4 members (excludes halogenated alkanes) is 3. The van der Waals surface area contributed by atoms with Crippen molar-refractivity contribution in [1.29, 1.82) is 0 Å². The van der Waals surface area contributed by atoms with Crippen LogP contribution in [0.2, 0.25) is 0 Å². The summed E-state index contributed by atoms with van der Waals surface area (Å²) in [6, 6.07) is 10.4. The number of hydrogen-bond acceptors (Lipinski definition) is 3. The topological polar surface area (TPSA) is 49.5 Å². The molecule has 0 amide bonds. The van der Waals surface area contributed by atoms with Gasteiger partial charge in [-0.25, -0.2) is 0 Å². The van der Waals surface area contributed by atoms with Crippen LogP contribution in [0.4, 0.5) is 5.69 Å². The highest BCUT2D eigenvalue weighted by atomic mass is 16.2. The number of hydrogen-bond donors (Lipinski definition) is 2. The first kappa shape index (κ1) is 14.0. The largest absolute Gasteiger partial charge is 0.396 e. The molecule has 0 heterocycles. The van der Waals surface area contributed by atoms with Crippen LogP contribution in [0.1, 0.15) is 25.7 Å². The van der Waals surface area contributed by atoms with E-state index in [1.165, 1.54) is 12.1 Å². The third-order valence-electron chi connectivity index (χ3n) is 2.86. The van der Waals surface area contributed by atoms with Gasteiger partial charge in [0.2, 0.25) is 0 Å². The van der Waals surface area contributed by atoms with Crippen molar-refractivity contribution in [2.75, 3.05) is 31.1 Å². The average Bonchev–Trinajstić information content (AvgIpc) is 2.38. The molecule has 0 fully saturated rings. The molecule has 3 N–H and O–H groups in total. The second-order valence-corrected chi connectivity index (χ2v) is 4.25. The van der Waals surface area contributed by atoms with Gasteiger partial charge in [-0.3, -0.25) is 0 Å². The van der Waals surface area contributed by atoms with Crippen LogP contribution in [0.3, 0.4) is 0 Å². The second kappa shape index (κ2) is 9.02. The minimum Gasteiger partial charge on any atom is -0.396 e. The number of para-hydroxylation sites is 1. The lowest BCUT2D eigenvalue weighted by Gasteiger charge is -2.24. The highest BCUT2D eigenvalue weighted by Crippen LogP contribution is 2.13. The van der Waals surface area contributed by atoms with Crippen molar-refractivity contribution in [2.45, 2.75) is 25.7 Å². The Hall–Kier alpha value is -1.06. The molecule has 1 rings (SSSR count). The number of rotatable bonds is 9. The minimum atomic E-state index is 0.311. The Labute approximate surface area is 104 Å². The summed E-state index contributed by atoms with van der Waals surface area (Å²) in [6.07, 6.45) is 4.37. The predicted octanol–water partition coefficient (Wildman–Crippen LogP) is 2.00. The molecule has 0 unspecified atom stereocenters. The summed E-state index contributed by atoms with van der Waals surface area (Å²) in [5, 5.41) is 8.71. The van der Waals surface area contributed by atoms with Gasteiger partial charge in [-0.2, -0.15) is 0 Å². The summed E-state index contributed by atoms with van der Waals surface area (Å²) < 4.78 is 0. The van der Waals surface area contributed by atoms with Gasteiger partial charge in [-0.05, 0) is 25.0 Å². The Kier molecular flexibility index (Phi) is 7.43. The summed E-state index contributed by atoms with van der Waals surface area (Å²) in [4.78, 5) is 2.33. The van der Waals surface area contributed by atoms with Crippen LogP contribution in [-0.2, 0) is 0 Å². The van der Waals surface area contributed by atoms with E-state index in [0.717, 1.165) is 32.4 Å². The molecule has 0 spiro atoms. The fourth-order valence-corrected chi connectivity index (χ4v) is 1.93. The van der Waals surface area contributed by atoms with E-state index in [9.17, 15) is 0 Å². The zero-order valence-corrected chi connectivity index (χ0v) is 10.5. The van der Waals surface area contributed by atoms with Gasteiger partial charge >= 0.3 is 0 Å². The summed E-state index contributed by atoms with van der Waals surface area (Å²) >= 11 is 0. The quantitative estimate of drug-likeness (QED) is 0.645. The van der Waals surface area contributed by atoms with Gasteiger partial charge in [-0.15, -0.1) is 0 Å². The van der Waals surface area contributed by atoms with Crippen molar-refractivity contribution in [1.82, 2.24) is 0 Å². The van der Waals surface area contributed by atoms with Crippen LogP contribution in [0.25, 0.3) is 0 Å². The zero-order chi connectivity index (χ0) is 12.3. The maximum Gasteiger partial charge on any atom is 0.0431 e. The molecule has 0 atom stereocenters. The summed E-state index contributed by atoms with van der Waals surface area (Å²) in [6.45, 7) is 2.95. The van der Waals surface area contributed by atoms with Crippen LogP contribution in [0.15, 0.2) is 30.3 Å². The van der Waals surface area contributed by atoms with E-state index in [1.54, 1.807) is 0 Å². The number of nitrogens with two attached hydrogens (primary N) is 1. The smallest absolute Gasteiger partial charge is 0.0431 e. The third kappa shape index (κ3) is 5.71. The highest BCUT2D eigenvalue weighted by molar-refractivity contribution is 5.45. The Morgan fingerprint density at radius 3 is 2.29 bits per heavy atom. The SMILES string of the molecule is NCCN(CCCCCCO)c1ccccc1. The molecule has 0 saturated heterocycles. The maximum absolute atomic E-state index is 8.71. The van der Waals surface area contributed by atoms with Crippen LogP contribution < -0.4 is 10.6 Å². The molecule has 0 aromatic heterocycles. The van der Waals surface area contributed by atoms with Gasteiger partial charge in [0.1, 0.15) is 0 Å². The Balaban J connectivity index is 2.33. The summed E-state index contributed by atoms with van der Waals surface area (Å²) in [5.74, 6) is 0. The molecular formula is C14H24N2O. The molecule has 0 aliphatic rings. The van der Waals surface area contributed by atoms with Gasteiger partial charge in [-0.1, -0.05) is 31.0 Å². The van der Waals surface area contributed by atoms with Crippen LogP contribution in [-0.4, -0.2) is 31.3 Å². The van der Waals surface area contributed by atoms with E-state index in [0.29, 0.717) is 13.2 Å². The first-order chi connectivity index (χ1) is 8.38. The van der Waals surface area contributed by atoms with Crippen LogP contribution in [0, 0.1) is 0 Å². The second-order valence-electron chi connectivity index (χ2n) is 4.25. The molecule has 0 bridgehead atoms. The molecule has 17 heavy (non-hydrogen) atoms. The van der Waals surface area contributed by atoms with Crippen molar-refractivity contribution in [3.63, 3.8) is 0 Å². The minimum absolute atomic E-state index is 0.311. The summed E-state index contributed by atoms with van der Waals surface area (Å²) in [5.41, 5.74) is 6.89. The van der Waals surface area contributed by atoms with Gasteiger partial charge in [0.25, 0.3) is 0 Å². The fourth-order valence-electron chi connectivity index (χ4n) is 1.93. The van der Waals surface area contributed by atoms with E-state index in [4.69, 9.17) is 10.8 Å². The first-order valence-corrected chi connectivity index (χ1v) is 6.49. The van der Waals surface area contributed by atoms with E-state index < -0.39 is 0 Å². The van der Waals surface area contributed by atoms with Gasteiger partial charge in [0.15, 0.2) is 0 Å². The Morgan fingerprint density at radius 1 is 0.941 bits per heavy atom. The number of aliphatic hydroxyl groups is 1. The zero-order valence-electron chi connectivity index (χ0n) is 10.5. The lowest BCUT2D eigenvalue weighted by Crippen LogP contribution is -2.30. The average molecular weight is 236 g/mol. The molecule has 3 heteroatoms. The predicted molar refractivity (Wildman–Crippen MR) is 73.3 cm³/mol. The van der Waals surface area contributed by atoms with E-state index in [1.807, 2.05) is 6.07 Å². The molecule has 1 aromatic rings.